The lowest BCUT2D eigenvalue weighted by Crippen LogP contribution is -2.46. The van der Waals surface area contributed by atoms with Crippen LogP contribution in [0.3, 0.4) is 0 Å². The quantitative estimate of drug-likeness (QED) is 0.426. The molecule has 1 fully saturated rings. The molecule has 1 heterocycles. The van der Waals surface area contributed by atoms with Crippen molar-refractivity contribution < 1.29 is 14.3 Å². The molecule has 3 amide bonds. The Bertz CT molecular complexity index is 1160. The van der Waals surface area contributed by atoms with Gasteiger partial charge in [-0.1, -0.05) is 48.5 Å². The molecule has 3 aromatic carbocycles. The summed E-state index contributed by atoms with van der Waals surface area (Å²) in [5.41, 5.74) is 9.25. The van der Waals surface area contributed by atoms with Crippen LogP contribution in [0.25, 0.3) is 0 Å². The van der Waals surface area contributed by atoms with Crippen LogP contribution >= 0.6 is 0 Å². The van der Waals surface area contributed by atoms with Crippen LogP contribution < -0.4 is 21.1 Å². The molecule has 0 atom stereocenters. The van der Waals surface area contributed by atoms with Gasteiger partial charge in [-0.2, -0.15) is 0 Å². The first-order valence-corrected chi connectivity index (χ1v) is 12.1. The summed E-state index contributed by atoms with van der Waals surface area (Å²) in [6, 6.07) is 22.7. The van der Waals surface area contributed by atoms with Gasteiger partial charge in [-0.15, -0.1) is 0 Å². The van der Waals surface area contributed by atoms with Gasteiger partial charge in [0.25, 0.3) is 5.91 Å². The molecule has 1 aliphatic heterocycles. The number of carbonyl (C=O) groups is 2. The van der Waals surface area contributed by atoms with E-state index in [9.17, 15) is 9.59 Å². The lowest BCUT2D eigenvalue weighted by atomic mass is 10.0. The lowest BCUT2D eigenvalue weighted by Gasteiger charge is -2.35. The van der Waals surface area contributed by atoms with Crippen LogP contribution in [0, 0.1) is 0 Å². The first-order chi connectivity index (χ1) is 17.5. The summed E-state index contributed by atoms with van der Waals surface area (Å²) < 4.78 is 5.60. The van der Waals surface area contributed by atoms with Gasteiger partial charge in [0.1, 0.15) is 5.75 Å². The molecule has 0 spiro atoms. The number of piperazine rings is 1. The Morgan fingerprint density at radius 1 is 0.861 bits per heavy atom. The minimum Gasteiger partial charge on any atom is -0.496 e. The number of amides is 3. The van der Waals surface area contributed by atoms with Gasteiger partial charge in [-0.25, -0.2) is 4.79 Å². The molecule has 3 aromatic rings. The van der Waals surface area contributed by atoms with Crippen molar-refractivity contribution >= 4 is 23.3 Å². The number of para-hydroxylation sites is 1. The topological polar surface area (TPSA) is 99.9 Å². The first-order valence-electron chi connectivity index (χ1n) is 12.1. The second-order valence-corrected chi connectivity index (χ2v) is 8.84. The number of methoxy groups -OCH3 is 1. The number of carbonyl (C=O) groups excluding carboxylic acids is 2. The number of anilines is 2. The minimum absolute atomic E-state index is 0.300. The molecule has 1 aliphatic rings. The van der Waals surface area contributed by atoms with E-state index in [1.807, 2.05) is 36.4 Å². The Hall–Kier alpha value is -3.88. The van der Waals surface area contributed by atoms with Gasteiger partial charge in [0.2, 0.25) is 0 Å². The van der Waals surface area contributed by atoms with Crippen LogP contribution in [0.1, 0.15) is 21.5 Å². The standard InChI is InChI=1S/C28H33N5O3/c1-36-26-23(14-15-32-16-18-33(19-17-32)20-21-8-4-2-5-9-21)25(13-12-24(26)27(29)34)31-28(35)30-22-10-6-3-7-11-22/h2-13H,14-20H2,1H3,(H2,29,34)(H2,30,31,35). The number of ether oxygens (including phenoxy) is 1. The van der Waals surface area contributed by atoms with Gasteiger partial charge in [0.15, 0.2) is 0 Å². The van der Waals surface area contributed by atoms with E-state index < -0.39 is 5.91 Å². The molecule has 0 bridgehead atoms. The molecule has 8 nitrogen and oxygen atoms in total. The Kier molecular flexibility index (Phi) is 8.54. The number of nitrogens with two attached hydrogens (primary N) is 1. The highest BCUT2D eigenvalue weighted by Gasteiger charge is 2.22. The van der Waals surface area contributed by atoms with Crippen molar-refractivity contribution in [1.82, 2.24) is 9.80 Å². The molecule has 0 radical (unpaired) electrons. The number of hydrogen-bond donors (Lipinski definition) is 3. The number of hydrogen-bond acceptors (Lipinski definition) is 5. The lowest BCUT2D eigenvalue weighted by molar-refractivity contribution is 0.0997. The van der Waals surface area contributed by atoms with Crippen molar-refractivity contribution in [2.45, 2.75) is 13.0 Å². The zero-order chi connectivity index (χ0) is 25.3. The number of primary amides is 1. The molecule has 0 saturated carbocycles. The average molecular weight is 488 g/mol. The fourth-order valence-corrected chi connectivity index (χ4v) is 4.51. The zero-order valence-electron chi connectivity index (χ0n) is 20.6. The smallest absolute Gasteiger partial charge is 0.323 e. The predicted molar refractivity (Wildman–Crippen MR) is 142 cm³/mol. The number of nitrogens with one attached hydrogen (secondary N) is 2. The Morgan fingerprint density at radius 3 is 2.14 bits per heavy atom. The molecule has 1 saturated heterocycles. The molecule has 188 valence electrons. The third-order valence-corrected chi connectivity index (χ3v) is 6.40. The van der Waals surface area contributed by atoms with Gasteiger partial charge >= 0.3 is 6.03 Å². The Labute approximate surface area is 212 Å². The molecule has 0 aliphatic carbocycles. The maximum absolute atomic E-state index is 12.7. The zero-order valence-corrected chi connectivity index (χ0v) is 20.6. The molecule has 4 rings (SSSR count). The van der Waals surface area contributed by atoms with Crippen molar-refractivity contribution in [2.24, 2.45) is 5.73 Å². The van der Waals surface area contributed by atoms with Crippen molar-refractivity contribution in [2.75, 3.05) is 50.5 Å². The summed E-state index contributed by atoms with van der Waals surface area (Å²) in [7, 11) is 1.52. The van der Waals surface area contributed by atoms with Crippen LogP contribution in [0.2, 0.25) is 0 Å². The van der Waals surface area contributed by atoms with Gasteiger partial charge in [-0.3, -0.25) is 9.69 Å². The van der Waals surface area contributed by atoms with E-state index in [0.717, 1.165) is 44.8 Å². The monoisotopic (exact) mass is 487 g/mol. The molecular formula is C28H33N5O3. The van der Waals surface area contributed by atoms with Crippen LogP contribution in [0.5, 0.6) is 5.75 Å². The van der Waals surface area contributed by atoms with Crippen molar-refractivity contribution in [3.8, 4) is 5.75 Å². The summed E-state index contributed by atoms with van der Waals surface area (Å²) in [4.78, 5) is 29.6. The first kappa shape index (κ1) is 25.2. The van der Waals surface area contributed by atoms with Crippen LogP contribution in [-0.2, 0) is 13.0 Å². The summed E-state index contributed by atoms with van der Waals surface area (Å²) in [6.45, 7) is 5.58. The van der Waals surface area contributed by atoms with Crippen molar-refractivity contribution in [3.05, 3.63) is 89.5 Å². The fourth-order valence-electron chi connectivity index (χ4n) is 4.51. The second kappa shape index (κ2) is 12.2. The third-order valence-electron chi connectivity index (χ3n) is 6.40. The normalized spacial score (nSPS) is 14.2. The number of rotatable bonds is 9. The van der Waals surface area contributed by atoms with Crippen LogP contribution in [0.15, 0.2) is 72.8 Å². The molecular weight excluding hydrogens is 454 g/mol. The Balaban J connectivity index is 1.42. The molecule has 36 heavy (non-hydrogen) atoms. The van der Waals surface area contributed by atoms with E-state index in [0.29, 0.717) is 29.1 Å². The SMILES string of the molecule is COc1c(C(N)=O)ccc(NC(=O)Nc2ccccc2)c1CCN1CCN(Cc2ccccc2)CC1. The van der Waals surface area contributed by atoms with Gasteiger partial charge in [0, 0.05) is 56.2 Å². The highest BCUT2D eigenvalue weighted by Crippen LogP contribution is 2.31. The minimum atomic E-state index is -0.567. The van der Waals surface area contributed by atoms with E-state index in [1.54, 1.807) is 12.1 Å². The number of benzene rings is 3. The van der Waals surface area contributed by atoms with E-state index in [1.165, 1.54) is 12.7 Å². The number of urea groups is 1. The van der Waals surface area contributed by atoms with E-state index in [4.69, 9.17) is 10.5 Å². The largest absolute Gasteiger partial charge is 0.496 e. The predicted octanol–water partition coefficient (Wildman–Crippen LogP) is 3.80. The summed E-state index contributed by atoms with van der Waals surface area (Å²) in [5, 5.41) is 5.74. The van der Waals surface area contributed by atoms with Crippen LogP contribution in [-0.4, -0.2) is 61.6 Å². The van der Waals surface area contributed by atoms with E-state index in [2.05, 4.69) is 44.7 Å². The maximum atomic E-state index is 12.7. The molecule has 0 aromatic heterocycles. The average Bonchev–Trinajstić information content (AvgIpc) is 2.89. The highest BCUT2D eigenvalue weighted by molar-refractivity contribution is 6.02. The fraction of sp³-hybridized carbons (Fsp3) is 0.286. The van der Waals surface area contributed by atoms with E-state index in [-0.39, 0.29) is 6.03 Å². The van der Waals surface area contributed by atoms with Crippen molar-refractivity contribution in [1.29, 1.82) is 0 Å². The summed E-state index contributed by atoms with van der Waals surface area (Å²) in [6.07, 6.45) is 0.601. The third kappa shape index (κ3) is 6.62. The second-order valence-electron chi connectivity index (χ2n) is 8.84. The maximum Gasteiger partial charge on any atom is 0.323 e. The highest BCUT2D eigenvalue weighted by atomic mass is 16.5. The summed E-state index contributed by atoms with van der Waals surface area (Å²) >= 11 is 0. The molecule has 0 unspecified atom stereocenters. The Morgan fingerprint density at radius 2 is 1.50 bits per heavy atom. The molecule has 4 N–H and O–H groups in total. The van der Waals surface area contributed by atoms with Crippen LogP contribution in [0.4, 0.5) is 16.2 Å². The van der Waals surface area contributed by atoms with Gasteiger partial charge in [-0.05, 0) is 36.2 Å². The van der Waals surface area contributed by atoms with E-state index >= 15 is 0 Å². The van der Waals surface area contributed by atoms with Crippen molar-refractivity contribution in [3.63, 3.8) is 0 Å². The van der Waals surface area contributed by atoms with Gasteiger partial charge < -0.3 is 26.0 Å². The number of nitrogens with zero attached hydrogens (tertiary/aromatic N) is 2. The van der Waals surface area contributed by atoms with Gasteiger partial charge in [0.05, 0.1) is 12.7 Å². The molecule has 8 heteroatoms. The summed E-state index contributed by atoms with van der Waals surface area (Å²) in [5.74, 6) is -0.161.